The minimum absolute atomic E-state index is 0.00786. The molecule has 0 aliphatic heterocycles. The summed E-state index contributed by atoms with van der Waals surface area (Å²) in [6.07, 6.45) is 3.81. The summed E-state index contributed by atoms with van der Waals surface area (Å²) in [6.45, 7) is 5.94. The van der Waals surface area contributed by atoms with Crippen LogP contribution in [-0.2, 0) is 0 Å². The van der Waals surface area contributed by atoms with E-state index in [0.29, 0.717) is 11.9 Å². The van der Waals surface area contributed by atoms with Gasteiger partial charge in [0.25, 0.3) is 5.91 Å². The van der Waals surface area contributed by atoms with Crippen LogP contribution in [0, 0.1) is 20.8 Å². The molecule has 0 bridgehead atoms. The Labute approximate surface area is 199 Å². The molecule has 2 aromatic heterocycles. The summed E-state index contributed by atoms with van der Waals surface area (Å²) in [5.41, 5.74) is 4.57. The van der Waals surface area contributed by atoms with Gasteiger partial charge in [0, 0.05) is 17.6 Å². The molecule has 7 heteroatoms. The van der Waals surface area contributed by atoms with Crippen LogP contribution in [0.25, 0.3) is 16.7 Å². The van der Waals surface area contributed by atoms with Gasteiger partial charge < -0.3 is 10.6 Å². The molecular formula is C27H30N6O. The van der Waals surface area contributed by atoms with Crippen molar-refractivity contribution >= 4 is 22.8 Å². The molecule has 0 saturated heterocycles. The van der Waals surface area contributed by atoms with Crippen LogP contribution in [0.4, 0.5) is 5.82 Å². The predicted octanol–water partition coefficient (Wildman–Crippen LogP) is 4.89. The third-order valence-electron chi connectivity index (χ3n) is 6.53. The van der Waals surface area contributed by atoms with E-state index in [4.69, 9.17) is 15.1 Å². The number of carbonyl (C=O) groups excluding carboxylic acids is 1. The summed E-state index contributed by atoms with van der Waals surface area (Å²) in [4.78, 5) is 22.0. The summed E-state index contributed by atoms with van der Waals surface area (Å²) in [6, 6.07) is 18.3. The smallest absolute Gasteiger partial charge is 0.251 e. The van der Waals surface area contributed by atoms with Crippen molar-refractivity contribution in [3.8, 4) is 5.69 Å². The number of aromatic nitrogens is 4. The maximum atomic E-state index is 12.6. The third kappa shape index (κ3) is 4.51. The van der Waals surface area contributed by atoms with Gasteiger partial charge in [-0.25, -0.2) is 14.6 Å². The van der Waals surface area contributed by atoms with Crippen molar-refractivity contribution in [2.24, 2.45) is 0 Å². The normalized spacial score (nSPS) is 18.1. The molecule has 1 saturated carbocycles. The topological polar surface area (TPSA) is 84.7 Å². The Bertz CT molecular complexity index is 1300. The molecule has 34 heavy (non-hydrogen) atoms. The number of fused-ring (bicyclic) bond motifs is 1. The number of benzene rings is 2. The zero-order valence-electron chi connectivity index (χ0n) is 19.9. The van der Waals surface area contributed by atoms with Crippen LogP contribution in [0.5, 0.6) is 0 Å². The Hall–Kier alpha value is -3.74. The van der Waals surface area contributed by atoms with Gasteiger partial charge in [-0.05, 0) is 70.7 Å². The zero-order chi connectivity index (χ0) is 23.7. The number of nitrogens with zero attached hydrogens (tertiary/aromatic N) is 4. The number of anilines is 1. The second kappa shape index (κ2) is 9.25. The Morgan fingerprint density at radius 1 is 0.882 bits per heavy atom. The number of amides is 1. The Morgan fingerprint density at radius 3 is 2.26 bits per heavy atom. The monoisotopic (exact) mass is 454 g/mol. The van der Waals surface area contributed by atoms with E-state index in [0.717, 1.165) is 65.0 Å². The third-order valence-corrected chi connectivity index (χ3v) is 6.53. The van der Waals surface area contributed by atoms with Gasteiger partial charge in [0.05, 0.1) is 16.8 Å². The molecule has 0 atom stereocenters. The highest BCUT2D eigenvalue weighted by atomic mass is 16.1. The Morgan fingerprint density at radius 2 is 1.56 bits per heavy atom. The molecule has 1 amide bonds. The van der Waals surface area contributed by atoms with E-state index in [9.17, 15) is 4.79 Å². The van der Waals surface area contributed by atoms with Crippen LogP contribution in [-0.4, -0.2) is 37.7 Å². The number of aryl methyl sites for hydroxylation is 3. The first kappa shape index (κ1) is 22.1. The fourth-order valence-electron chi connectivity index (χ4n) is 4.69. The van der Waals surface area contributed by atoms with Gasteiger partial charge in [0.15, 0.2) is 5.65 Å². The summed E-state index contributed by atoms with van der Waals surface area (Å²) < 4.78 is 1.89. The molecular weight excluding hydrogens is 424 g/mol. The number of hydrogen-bond acceptors (Lipinski definition) is 5. The lowest BCUT2D eigenvalue weighted by Crippen LogP contribution is -2.40. The zero-order valence-corrected chi connectivity index (χ0v) is 19.9. The van der Waals surface area contributed by atoms with Crippen molar-refractivity contribution in [3.05, 3.63) is 77.2 Å². The number of nitrogens with one attached hydrogen (secondary N) is 2. The molecule has 7 nitrogen and oxygen atoms in total. The highest BCUT2D eigenvalue weighted by Crippen LogP contribution is 2.29. The van der Waals surface area contributed by atoms with E-state index < -0.39 is 0 Å². The van der Waals surface area contributed by atoms with Crippen LogP contribution in [0.15, 0.2) is 54.6 Å². The van der Waals surface area contributed by atoms with Gasteiger partial charge in [-0.15, -0.1) is 0 Å². The highest BCUT2D eigenvalue weighted by molar-refractivity contribution is 5.94. The fraction of sp³-hybridized carbons (Fsp3) is 0.333. The Kier molecular flexibility index (Phi) is 6.01. The van der Waals surface area contributed by atoms with Gasteiger partial charge in [-0.3, -0.25) is 4.79 Å². The second-order valence-electron chi connectivity index (χ2n) is 9.18. The highest BCUT2D eigenvalue weighted by Gasteiger charge is 2.25. The van der Waals surface area contributed by atoms with Crippen LogP contribution < -0.4 is 10.6 Å². The summed E-state index contributed by atoms with van der Waals surface area (Å²) in [5.74, 6) is 1.56. The molecule has 1 aliphatic rings. The van der Waals surface area contributed by atoms with E-state index in [2.05, 4.69) is 10.6 Å². The minimum atomic E-state index is 0.00786. The Balaban J connectivity index is 1.29. The van der Waals surface area contributed by atoms with Gasteiger partial charge in [0.2, 0.25) is 0 Å². The molecule has 5 rings (SSSR count). The van der Waals surface area contributed by atoms with Gasteiger partial charge in [0.1, 0.15) is 11.6 Å². The first-order chi connectivity index (χ1) is 16.5. The van der Waals surface area contributed by atoms with E-state index in [1.807, 2.05) is 80.1 Å². The van der Waals surface area contributed by atoms with Crippen LogP contribution >= 0.6 is 0 Å². The lowest BCUT2D eigenvalue weighted by molar-refractivity contribution is 0.0926. The summed E-state index contributed by atoms with van der Waals surface area (Å²) in [5, 5.41) is 12.6. The quantitative estimate of drug-likeness (QED) is 0.448. The first-order valence-corrected chi connectivity index (χ1v) is 11.9. The maximum absolute atomic E-state index is 12.6. The number of rotatable bonds is 5. The average Bonchev–Trinajstić information content (AvgIpc) is 3.17. The van der Waals surface area contributed by atoms with Gasteiger partial charge in [-0.2, -0.15) is 5.10 Å². The van der Waals surface area contributed by atoms with E-state index >= 15 is 0 Å². The van der Waals surface area contributed by atoms with Crippen molar-refractivity contribution in [1.82, 2.24) is 25.1 Å². The SMILES string of the molecule is Cc1ccc(C(=O)NC2CCC(Nc3nc(C)nc4c3c(C)nn4-c3ccccc3)CC2)cc1. The predicted molar refractivity (Wildman–Crippen MR) is 134 cm³/mol. The fourth-order valence-corrected chi connectivity index (χ4v) is 4.69. The lowest BCUT2D eigenvalue weighted by atomic mass is 9.91. The number of hydrogen-bond donors (Lipinski definition) is 2. The molecule has 2 N–H and O–H groups in total. The molecule has 2 aromatic carbocycles. The summed E-state index contributed by atoms with van der Waals surface area (Å²) in [7, 11) is 0. The van der Waals surface area contributed by atoms with Crippen molar-refractivity contribution in [3.63, 3.8) is 0 Å². The lowest BCUT2D eigenvalue weighted by Gasteiger charge is -2.30. The van der Waals surface area contributed by atoms with Crippen molar-refractivity contribution < 1.29 is 4.79 Å². The van der Waals surface area contributed by atoms with Gasteiger partial charge >= 0.3 is 0 Å². The standard InChI is InChI=1S/C27H30N6O/c1-17-9-11-20(12-10-17)27(34)31-22-15-13-21(14-16-22)30-25-24-18(2)32-33(23-7-5-4-6-8-23)26(24)29-19(3)28-25/h4-12,21-22H,13-16H2,1-3H3,(H,31,34)(H,28,29,30). The van der Waals surface area contributed by atoms with E-state index in [1.165, 1.54) is 0 Å². The molecule has 0 unspecified atom stereocenters. The molecule has 1 fully saturated rings. The molecule has 174 valence electrons. The van der Waals surface area contributed by atoms with Crippen molar-refractivity contribution in [2.75, 3.05) is 5.32 Å². The maximum Gasteiger partial charge on any atom is 0.251 e. The average molecular weight is 455 g/mol. The van der Waals surface area contributed by atoms with Crippen LogP contribution in [0.1, 0.15) is 53.1 Å². The van der Waals surface area contributed by atoms with Crippen molar-refractivity contribution in [1.29, 1.82) is 0 Å². The van der Waals surface area contributed by atoms with Crippen LogP contribution in [0.2, 0.25) is 0 Å². The largest absolute Gasteiger partial charge is 0.367 e. The molecule has 2 heterocycles. The van der Waals surface area contributed by atoms with Crippen LogP contribution in [0.3, 0.4) is 0 Å². The first-order valence-electron chi connectivity index (χ1n) is 11.9. The number of para-hydroxylation sites is 1. The van der Waals surface area contributed by atoms with Gasteiger partial charge in [-0.1, -0.05) is 35.9 Å². The number of carbonyl (C=O) groups is 1. The van der Waals surface area contributed by atoms with E-state index in [-0.39, 0.29) is 11.9 Å². The molecule has 0 spiro atoms. The van der Waals surface area contributed by atoms with Crippen molar-refractivity contribution in [2.45, 2.75) is 58.5 Å². The molecule has 4 aromatic rings. The molecule has 0 radical (unpaired) electrons. The summed E-state index contributed by atoms with van der Waals surface area (Å²) >= 11 is 0. The minimum Gasteiger partial charge on any atom is -0.367 e. The van der Waals surface area contributed by atoms with E-state index in [1.54, 1.807) is 0 Å². The second-order valence-corrected chi connectivity index (χ2v) is 9.18. The molecule has 1 aliphatic carbocycles.